The molecule has 1 aliphatic carbocycles. The summed E-state index contributed by atoms with van der Waals surface area (Å²) in [7, 11) is 2.39. The van der Waals surface area contributed by atoms with Crippen LogP contribution in [0.15, 0.2) is 24.3 Å². The summed E-state index contributed by atoms with van der Waals surface area (Å²) in [5, 5.41) is 11.6. The quantitative estimate of drug-likeness (QED) is 0.550. The molecule has 1 saturated carbocycles. The first-order valence-corrected chi connectivity index (χ1v) is 11.9. The maximum Gasteiger partial charge on any atom is 0.168 e. The first-order valence-electron chi connectivity index (χ1n) is 11.9. The van der Waals surface area contributed by atoms with E-state index in [4.69, 9.17) is 4.74 Å². The Hall–Kier alpha value is -2.13. The molecule has 1 unspecified atom stereocenters. The Morgan fingerprint density at radius 2 is 1.76 bits per heavy atom. The van der Waals surface area contributed by atoms with Crippen molar-refractivity contribution >= 4 is 13.7 Å². The number of halogens is 3. The Bertz CT molecular complexity index is 986. The minimum absolute atomic E-state index is 0.103. The van der Waals surface area contributed by atoms with Gasteiger partial charge >= 0.3 is 0 Å². The fraction of sp³-hybridized carbons (Fsp3) is 0.583. The Kier molecular flexibility index (Phi) is 6.12. The van der Waals surface area contributed by atoms with Crippen LogP contribution in [-0.2, 0) is 4.74 Å². The summed E-state index contributed by atoms with van der Waals surface area (Å²) < 4.78 is 46.6. The monoisotopic (exact) mass is 458 g/mol. The van der Waals surface area contributed by atoms with Crippen LogP contribution in [0.1, 0.15) is 32.6 Å². The fourth-order valence-electron chi connectivity index (χ4n) is 6.05. The lowest BCUT2D eigenvalue weighted by atomic mass is 9.65. The Balaban J connectivity index is 1.19. The summed E-state index contributed by atoms with van der Waals surface area (Å²) >= 11 is 0. The second-order valence-corrected chi connectivity index (χ2v) is 10.3. The summed E-state index contributed by atoms with van der Waals surface area (Å²) in [4.78, 5) is 2.69. The van der Waals surface area contributed by atoms with Crippen LogP contribution in [0.3, 0.4) is 0 Å². The molecular formula is C24H30BF3N4O. The van der Waals surface area contributed by atoms with Gasteiger partial charge in [-0.05, 0) is 67.1 Å². The van der Waals surface area contributed by atoms with Crippen LogP contribution in [0, 0.1) is 35.2 Å². The van der Waals surface area contributed by atoms with E-state index in [1.165, 1.54) is 0 Å². The van der Waals surface area contributed by atoms with Crippen molar-refractivity contribution in [1.29, 1.82) is 0 Å². The van der Waals surface area contributed by atoms with Crippen LogP contribution < -0.4 is 5.32 Å². The molecule has 2 aliphatic heterocycles. The highest BCUT2D eigenvalue weighted by Crippen LogP contribution is 2.43. The lowest BCUT2D eigenvalue weighted by Crippen LogP contribution is -2.53. The van der Waals surface area contributed by atoms with Gasteiger partial charge in [0.05, 0.1) is 5.69 Å². The molecule has 1 aromatic carbocycles. The number of rotatable bonds is 5. The number of fused-ring (bicyclic) bond motifs is 1. The van der Waals surface area contributed by atoms with Crippen LogP contribution >= 0.6 is 0 Å². The van der Waals surface area contributed by atoms with Crippen molar-refractivity contribution < 1.29 is 17.9 Å². The zero-order valence-electron chi connectivity index (χ0n) is 19.2. The van der Waals surface area contributed by atoms with E-state index in [1.54, 1.807) is 12.1 Å². The summed E-state index contributed by atoms with van der Waals surface area (Å²) in [6.45, 7) is 6.40. The van der Waals surface area contributed by atoms with Gasteiger partial charge in [0.2, 0.25) is 0 Å². The smallest absolute Gasteiger partial charge is 0.168 e. The first-order chi connectivity index (χ1) is 15.8. The van der Waals surface area contributed by atoms with Crippen LogP contribution in [0.4, 0.5) is 19.0 Å². The van der Waals surface area contributed by atoms with E-state index >= 15 is 0 Å². The van der Waals surface area contributed by atoms with Gasteiger partial charge in [-0.2, -0.15) is 0 Å². The molecule has 176 valence electrons. The molecule has 1 aromatic heterocycles. The number of hydrogen-bond donors (Lipinski definition) is 1. The lowest BCUT2D eigenvalue weighted by molar-refractivity contribution is 0.0199. The van der Waals surface area contributed by atoms with Gasteiger partial charge in [0.25, 0.3) is 0 Å². The van der Waals surface area contributed by atoms with Crippen molar-refractivity contribution in [3.8, 4) is 11.3 Å². The zero-order chi connectivity index (χ0) is 23.2. The SMILES string of the molecule is BC(C)(C1CCOCC1)N1C[C@H]2C[C@H](Nc3ccc(-c4cc(F)cc(F)c4F)nn3)C[C@H]2C1. The fourth-order valence-corrected chi connectivity index (χ4v) is 6.05. The molecule has 3 heterocycles. The molecule has 0 bridgehead atoms. The molecular weight excluding hydrogens is 428 g/mol. The van der Waals surface area contributed by atoms with Gasteiger partial charge in [0.1, 0.15) is 19.5 Å². The second-order valence-electron chi connectivity index (χ2n) is 10.3. The van der Waals surface area contributed by atoms with Gasteiger partial charge in [-0.3, -0.25) is 0 Å². The molecule has 33 heavy (non-hydrogen) atoms. The highest BCUT2D eigenvalue weighted by atomic mass is 19.2. The third-order valence-electron chi connectivity index (χ3n) is 8.07. The predicted molar refractivity (Wildman–Crippen MR) is 123 cm³/mol. The average Bonchev–Trinajstić information content (AvgIpc) is 3.37. The van der Waals surface area contributed by atoms with Gasteiger partial charge in [-0.1, -0.05) is 6.92 Å². The van der Waals surface area contributed by atoms with E-state index < -0.39 is 17.5 Å². The number of ether oxygens (including phenoxy) is 1. The summed E-state index contributed by atoms with van der Waals surface area (Å²) in [5.74, 6) is -0.593. The Morgan fingerprint density at radius 1 is 1.06 bits per heavy atom. The van der Waals surface area contributed by atoms with E-state index in [-0.39, 0.29) is 16.7 Å². The molecule has 1 N–H and O–H groups in total. The lowest BCUT2D eigenvalue weighted by Gasteiger charge is -2.44. The molecule has 4 atom stereocenters. The number of nitrogens with one attached hydrogen (secondary N) is 1. The maximum absolute atomic E-state index is 14.0. The normalized spacial score (nSPS) is 27.9. The first kappa shape index (κ1) is 22.7. The molecule has 3 aliphatic rings. The third-order valence-corrected chi connectivity index (χ3v) is 8.07. The van der Waals surface area contributed by atoms with Gasteiger partial charge in [0.15, 0.2) is 11.6 Å². The number of likely N-dealkylation sites (tertiary alicyclic amines) is 1. The van der Waals surface area contributed by atoms with Gasteiger partial charge in [-0.25, -0.2) is 13.2 Å². The van der Waals surface area contributed by atoms with Crippen molar-refractivity contribution in [3.05, 3.63) is 41.7 Å². The van der Waals surface area contributed by atoms with Crippen molar-refractivity contribution in [2.45, 2.75) is 44.1 Å². The minimum atomic E-state index is -1.24. The summed E-state index contributed by atoms with van der Waals surface area (Å²) in [6.07, 6.45) is 4.45. The number of nitrogens with zero attached hydrogens (tertiary/aromatic N) is 3. The van der Waals surface area contributed by atoms with E-state index in [1.807, 2.05) is 0 Å². The number of aromatic nitrogens is 2. The maximum atomic E-state index is 14.0. The minimum Gasteiger partial charge on any atom is -0.381 e. The summed E-state index contributed by atoms with van der Waals surface area (Å²) in [6, 6.07) is 5.00. The molecule has 0 amide bonds. The highest BCUT2D eigenvalue weighted by Gasteiger charge is 2.47. The number of anilines is 1. The third kappa shape index (κ3) is 4.49. The van der Waals surface area contributed by atoms with Crippen LogP contribution in [0.2, 0.25) is 0 Å². The Morgan fingerprint density at radius 3 is 2.39 bits per heavy atom. The van der Waals surface area contributed by atoms with Crippen molar-refractivity contribution in [3.63, 3.8) is 0 Å². The molecule has 3 fully saturated rings. The number of hydrogen-bond acceptors (Lipinski definition) is 5. The highest BCUT2D eigenvalue weighted by molar-refractivity contribution is 6.15. The Labute approximate surface area is 193 Å². The molecule has 0 spiro atoms. The largest absolute Gasteiger partial charge is 0.381 e. The van der Waals surface area contributed by atoms with E-state index in [2.05, 4.69) is 35.2 Å². The predicted octanol–water partition coefficient (Wildman–Crippen LogP) is 3.46. The van der Waals surface area contributed by atoms with E-state index in [0.717, 1.165) is 58.1 Å². The molecule has 9 heteroatoms. The van der Waals surface area contributed by atoms with Crippen molar-refractivity contribution in [2.75, 3.05) is 31.6 Å². The van der Waals surface area contributed by atoms with Gasteiger partial charge in [0, 0.05) is 44.0 Å². The van der Waals surface area contributed by atoms with Crippen molar-refractivity contribution in [1.82, 2.24) is 15.1 Å². The van der Waals surface area contributed by atoms with Gasteiger partial charge in [-0.15, -0.1) is 10.2 Å². The zero-order valence-corrected chi connectivity index (χ0v) is 19.2. The topological polar surface area (TPSA) is 50.3 Å². The molecule has 5 nitrogen and oxygen atoms in total. The van der Waals surface area contributed by atoms with Crippen molar-refractivity contribution in [2.24, 2.45) is 17.8 Å². The van der Waals surface area contributed by atoms with Crippen LogP contribution in [-0.4, -0.2) is 60.7 Å². The summed E-state index contributed by atoms with van der Waals surface area (Å²) in [5.41, 5.74) is 0.0733. The van der Waals surface area contributed by atoms with E-state index in [9.17, 15) is 13.2 Å². The second kappa shape index (κ2) is 8.91. The molecule has 2 saturated heterocycles. The average molecular weight is 458 g/mol. The number of benzene rings is 1. The van der Waals surface area contributed by atoms with Gasteiger partial charge < -0.3 is 15.0 Å². The van der Waals surface area contributed by atoms with Crippen LogP contribution in [0.5, 0.6) is 0 Å². The molecule has 0 radical (unpaired) electrons. The van der Waals surface area contributed by atoms with Crippen LogP contribution in [0.25, 0.3) is 11.3 Å². The molecule has 5 rings (SSSR count). The van der Waals surface area contributed by atoms with E-state index in [0.29, 0.717) is 35.7 Å². The molecule has 2 aromatic rings. The standard InChI is InChI=1S/C24H30BF3N4O/c1-24(25,16-4-6-33-7-5-16)32-12-14-8-18(9-15(14)13-32)29-22-3-2-21(30-31-22)19-10-17(26)11-20(27)23(19)28/h2-3,10-11,14-16,18H,4-9,12-13,25H2,1H3,(H,29,31)/t14-,15+,18+,24?.